The lowest BCUT2D eigenvalue weighted by Crippen LogP contribution is -2.53. The van der Waals surface area contributed by atoms with Crippen LogP contribution in [0.2, 0.25) is 0 Å². The fourth-order valence-corrected chi connectivity index (χ4v) is 5.64. The molecule has 0 radical (unpaired) electrons. The molecule has 2 aliphatic heterocycles. The standard InChI is InChI=1S/C26H36N6O4/c1-17(2)16-30-23-18(5-8-20(33)31-12-4-9-26(31)10-13-29(3)14-11-26)15-27-32(23)25(36)21(24(30)35)22(34)28-19-6-7-19/h5,8,15,17,19,36H,4,6-7,9-14,16H2,1-3H3,(H,28,34)/b8-5+. The molecule has 2 aromatic heterocycles. The van der Waals surface area contributed by atoms with Crippen LogP contribution in [0.5, 0.6) is 5.88 Å². The van der Waals surface area contributed by atoms with Gasteiger partial charge >= 0.3 is 0 Å². The monoisotopic (exact) mass is 496 g/mol. The zero-order chi connectivity index (χ0) is 25.6. The van der Waals surface area contributed by atoms with Gasteiger partial charge in [0.05, 0.1) is 6.20 Å². The van der Waals surface area contributed by atoms with Crippen molar-refractivity contribution in [3.05, 3.63) is 33.8 Å². The Morgan fingerprint density at radius 2 is 1.94 bits per heavy atom. The van der Waals surface area contributed by atoms with E-state index in [1.807, 2.05) is 18.7 Å². The molecule has 0 unspecified atom stereocenters. The van der Waals surface area contributed by atoms with Crippen molar-refractivity contribution in [3.63, 3.8) is 0 Å². The number of carbonyl (C=O) groups excluding carboxylic acids is 2. The molecule has 0 atom stereocenters. The second-order valence-electron chi connectivity index (χ2n) is 11.0. The van der Waals surface area contributed by atoms with Gasteiger partial charge in [-0.3, -0.25) is 19.0 Å². The topological polar surface area (TPSA) is 112 Å². The number of hydrogen-bond acceptors (Lipinski definition) is 6. The lowest BCUT2D eigenvalue weighted by Gasteiger charge is -2.43. The summed E-state index contributed by atoms with van der Waals surface area (Å²) in [7, 11) is 2.12. The average molecular weight is 497 g/mol. The van der Waals surface area contributed by atoms with Gasteiger partial charge in [-0.25, -0.2) is 0 Å². The van der Waals surface area contributed by atoms with Gasteiger partial charge in [0, 0.05) is 49.4 Å². The van der Waals surface area contributed by atoms with Crippen molar-refractivity contribution < 1.29 is 14.7 Å². The van der Waals surface area contributed by atoms with Gasteiger partial charge in [-0.05, 0) is 57.6 Å². The minimum absolute atomic E-state index is 0.0428. The highest BCUT2D eigenvalue weighted by Gasteiger charge is 2.44. The molecule has 3 aliphatic rings. The van der Waals surface area contributed by atoms with Gasteiger partial charge in [0.2, 0.25) is 11.8 Å². The molecule has 1 aliphatic carbocycles. The quantitative estimate of drug-likeness (QED) is 0.591. The van der Waals surface area contributed by atoms with Gasteiger partial charge in [-0.15, -0.1) is 0 Å². The summed E-state index contributed by atoms with van der Waals surface area (Å²) in [5.74, 6) is -1.000. The Bertz CT molecular complexity index is 1260. The molecule has 2 aromatic rings. The summed E-state index contributed by atoms with van der Waals surface area (Å²) in [5.41, 5.74) is -0.0170. The van der Waals surface area contributed by atoms with E-state index in [0.29, 0.717) is 17.8 Å². The van der Waals surface area contributed by atoms with E-state index in [2.05, 4.69) is 22.4 Å². The van der Waals surface area contributed by atoms with E-state index in [1.54, 1.807) is 12.2 Å². The average Bonchev–Trinajstić information content (AvgIpc) is 3.39. The Hall–Kier alpha value is -3.14. The molecule has 2 saturated heterocycles. The summed E-state index contributed by atoms with van der Waals surface area (Å²) in [6.45, 7) is 7.01. The fourth-order valence-electron chi connectivity index (χ4n) is 5.64. The Labute approximate surface area is 210 Å². The Balaban J connectivity index is 1.49. The first kappa shape index (κ1) is 24.5. The molecule has 1 spiro atoms. The van der Waals surface area contributed by atoms with Crippen LogP contribution in [0, 0.1) is 5.92 Å². The Kier molecular flexibility index (Phi) is 6.40. The third-order valence-electron chi connectivity index (χ3n) is 7.78. The zero-order valence-electron chi connectivity index (χ0n) is 21.4. The number of nitrogens with zero attached hydrogens (tertiary/aromatic N) is 5. The molecule has 10 nitrogen and oxygen atoms in total. The van der Waals surface area contributed by atoms with E-state index in [-0.39, 0.29) is 29.0 Å². The van der Waals surface area contributed by atoms with Crippen LogP contribution >= 0.6 is 0 Å². The lowest BCUT2D eigenvalue weighted by atomic mass is 9.85. The van der Waals surface area contributed by atoms with Crippen molar-refractivity contribution in [3.8, 4) is 5.88 Å². The number of hydrogen-bond donors (Lipinski definition) is 2. The van der Waals surface area contributed by atoms with Crippen LogP contribution in [0.4, 0.5) is 0 Å². The van der Waals surface area contributed by atoms with Crippen LogP contribution in [0.3, 0.4) is 0 Å². The highest BCUT2D eigenvalue weighted by Crippen LogP contribution is 2.38. The molecule has 0 aromatic carbocycles. The van der Waals surface area contributed by atoms with Crippen molar-refractivity contribution >= 4 is 23.5 Å². The molecular weight excluding hydrogens is 460 g/mol. The number of amides is 2. The number of piperidine rings is 1. The summed E-state index contributed by atoms with van der Waals surface area (Å²) >= 11 is 0. The largest absolute Gasteiger partial charge is 0.492 e. The van der Waals surface area contributed by atoms with E-state index >= 15 is 0 Å². The van der Waals surface area contributed by atoms with Gasteiger partial charge < -0.3 is 20.2 Å². The molecular formula is C26H36N6O4. The van der Waals surface area contributed by atoms with Gasteiger partial charge in [-0.1, -0.05) is 13.8 Å². The normalized spacial score (nSPS) is 20.3. The van der Waals surface area contributed by atoms with Crippen molar-refractivity contribution in [2.45, 2.75) is 70.5 Å². The maximum Gasteiger partial charge on any atom is 0.270 e. The number of nitrogens with one attached hydrogen (secondary N) is 1. The molecule has 1 saturated carbocycles. The SMILES string of the molecule is CC(C)Cn1c(=O)c(C(=O)NC2CC2)c(O)n2ncc(/C=C/C(=O)N3CCCC34CCN(C)CC4)c12. The number of fused-ring (bicyclic) bond motifs is 1. The van der Waals surface area contributed by atoms with Crippen LogP contribution < -0.4 is 10.9 Å². The van der Waals surface area contributed by atoms with Crippen LogP contribution in [0.25, 0.3) is 11.7 Å². The minimum Gasteiger partial charge on any atom is -0.492 e. The smallest absolute Gasteiger partial charge is 0.270 e. The maximum absolute atomic E-state index is 13.4. The first-order chi connectivity index (χ1) is 17.2. The van der Waals surface area contributed by atoms with Crippen molar-refractivity contribution in [2.75, 3.05) is 26.7 Å². The number of carbonyl (C=O) groups is 2. The molecule has 2 amide bonds. The highest BCUT2D eigenvalue weighted by atomic mass is 16.3. The van der Waals surface area contributed by atoms with E-state index in [9.17, 15) is 19.5 Å². The van der Waals surface area contributed by atoms with Crippen LogP contribution in [-0.4, -0.2) is 79.2 Å². The second-order valence-corrected chi connectivity index (χ2v) is 11.0. The summed E-state index contributed by atoms with van der Waals surface area (Å²) in [4.78, 5) is 43.8. The van der Waals surface area contributed by atoms with E-state index < -0.39 is 17.3 Å². The third-order valence-corrected chi connectivity index (χ3v) is 7.78. The van der Waals surface area contributed by atoms with Crippen molar-refractivity contribution in [2.24, 2.45) is 5.92 Å². The fraction of sp³-hybridized carbons (Fsp3) is 0.615. The van der Waals surface area contributed by atoms with Crippen LogP contribution in [-0.2, 0) is 11.3 Å². The van der Waals surface area contributed by atoms with E-state index in [4.69, 9.17) is 0 Å². The molecule has 3 fully saturated rings. The first-order valence-corrected chi connectivity index (χ1v) is 13.0. The molecule has 36 heavy (non-hydrogen) atoms. The predicted octanol–water partition coefficient (Wildman–Crippen LogP) is 1.85. The van der Waals surface area contributed by atoms with Gasteiger partial charge in [0.15, 0.2) is 5.56 Å². The lowest BCUT2D eigenvalue weighted by molar-refractivity contribution is -0.131. The summed E-state index contributed by atoms with van der Waals surface area (Å²) in [6.07, 6.45) is 10.5. The number of aromatic nitrogens is 3. The van der Waals surface area contributed by atoms with Crippen molar-refractivity contribution in [1.29, 1.82) is 0 Å². The Morgan fingerprint density at radius 3 is 2.61 bits per heavy atom. The summed E-state index contributed by atoms with van der Waals surface area (Å²) in [5, 5.41) is 17.9. The van der Waals surface area contributed by atoms with Crippen LogP contribution in [0.1, 0.15) is 68.3 Å². The van der Waals surface area contributed by atoms with Gasteiger partial charge in [-0.2, -0.15) is 9.61 Å². The van der Waals surface area contributed by atoms with E-state index in [0.717, 1.165) is 58.2 Å². The molecule has 194 valence electrons. The maximum atomic E-state index is 13.4. The number of aromatic hydroxyl groups is 1. The van der Waals surface area contributed by atoms with Gasteiger partial charge in [0.25, 0.3) is 11.5 Å². The highest BCUT2D eigenvalue weighted by molar-refractivity contribution is 5.97. The molecule has 0 bridgehead atoms. The summed E-state index contributed by atoms with van der Waals surface area (Å²) in [6, 6.07) is 0.0473. The summed E-state index contributed by atoms with van der Waals surface area (Å²) < 4.78 is 2.71. The second kappa shape index (κ2) is 9.38. The molecule has 2 N–H and O–H groups in total. The first-order valence-electron chi connectivity index (χ1n) is 13.0. The minimum atomic E-state index is -0.584. The zero-order valence-corrected chi connectivity index (χ0v) is 21.4. The predicted molar refractivity (Wildman–Crippen MR) is 136 cm³/mol. The number of likely N-dealkylation sites (tertiary alicyclic amines) is 2. The molecule has 5 rings (SSSR count). The molecule has 4 heterocycles. The molecule has 10 heteroatoms. The number of rotatable bonds is 6. The Morgan fingerprint density at radius 1 is 1.22 bits per heavy atom. The third kappa shape index (κ3) is 4.42. The van der Waals surface area contributed by atoms with Crippen LogP contribution in [0.15, 0.2) is 17.1 Å². The van der Waals surface area contributed by atoms with Crippen molar-refractivity contribution in [1.82, 2.24) is 29.3 Å². The van der Waals surface area contributed by atoms with Gasteiger partial charge in [0.1, 0.15) is 5.65 Å². The van der Waals surface area contributed by atoms with E-state index in [1.165, 1.54) is 15.3 Å².